The second-order valence-corrected chi connectivity index (χ2v) is 6.65. The molecule has 1 aromatic carbocycles. The average Bonchev–Trinajstić information content (AvgIpc) is 3.08. The standard InChI is InChI=1S/C19H23N/c1-2-6-15(7-3-1)12-19-16-10-11-17(19)14-20(13-16)18-8-4-5-9-18/h1-8,16-17,19H,9-14H2/t16-,17+,19-. The van der Waals surface area contributed by atoms with Crippen molar-refractivity contribution in [3.63, 3.8) is 0 Å². The Hall–Kier alpha value is -1.50. The number of likely N-dealkylation sites (tertiary alicyclic amines) is 1. The molecule has 3 atom stereocenters. The van der Waals surface area contributed by atoms with Crippen LogP contribution in [0.4, 0.5) is 0 Å². The van der Waals surface area contributed by atoms with Crippen LogP contribution in [0.25, 0.3) is 0 Å². The van der Waals surface area contributed by atoms with E-state index in [1.165, 1.54) is 37.9 Å². The zero-order valence-corrected chi connectivity index (χ0v) is 12.0. The molecule has 104 valence electrons. The first kappa shape index (κ1) is 12.3. The van der Waals surface area contributed by atoms with Crippen LogP contribution in [0, 0.1) is 17.8 Å². The molecule has 1 saturated heterocycles. The van der Waals surface area contributed by atoms with Gasteiger partial charge in [-0.25, -0.2) is 0 Å². The average molecular weight is 265 g/mol. The maximum atomic E-state index is 2.67. The highest BCUT2D eigenvalue weighted by atomic mass is 15.2. The van der Waals surface area contributed by atoms with Gasteiger partial charge < -0.3 is 4.90 Å². The van der Waals surface area contributed by atoms with Crippen LogP contribution in [-0.2, 0) is 6.42 Å². The minimum absolute atomic E-state index is 0.912. The third-order valence-electron chi connectivity index (χ3n) is 5.50. The van der Waals surface area contributed by atoms with Gasteiger partial charge in [0, 0.05) is 25.2 Å². The van der Waals surface area contributed by atoms with Crippen LogP contribution in [0.3, 0.4) is 0 Å². The largest absolute Gasteiger partial charge is 0.374 e. The summed E-state index contributed by atoms with van der Waals surface area (Å²) in [5, 5.41) is 0. The van der Waals surface area contributed by atoms with E-state index in [1.54, 1.807) is 5.70 Å². The molecule has 0 N–H and O–H groups in total. The zero-order valence-electron chi connectivity index (χ0n) is 12.0. The Balaban J connectivity index is 1.46. The molecule has 0 unspecified atom stereocenters. The molecule has 20 heavy (non-hydrogen) atoms. The molecule has 4 rings (SSSR count). The maximum Gasteiger partial charge on any atom is 0.0206 e. The monoisotopic (exact) mass is 265 g/mol. The molecule has 1 heterocycles. The van der Waals surface area contributed by atoms with E-state index >= 15 is 0 Å². The molecule has 2 fully saturated rings. The molecule has 0 radical (unpaired) electrons. The topological polar surface area (TPSA) is 3.24 Å². The Morgan fingerprint density at radius 3 is 2.40 bits per heavy atom. The van der Waals surface area contributed by atoms with E-state index in [0.29, 0.717) is 0 Å². The number of hydrogen-bond acceptors (Lipinski definition) is 1. The van der Waals surface area contributed by atoms with E-state index in [2.05, 4.69) is 53.5 Å². The molecule has 0 amide bonds. The molecule has 1 aromatic rings. The molecule has 2 aliphatic carbocycles. The van der Waals surface area contributed by atoms with Gasteiger partial charge in [-0.3, -0.25) is 0 Å². The SMILES string of the molecule is C1=CCC(N2C[C@H]3CC[C@@H](C2)[C@@H]3Cc2ccccc2)=C1. The molecule has 1 heteroatoms. The number of rotatable bonds is 3. The first-order valence-corrected chi connectivity index (χ1v) is 8.05. The molecule has 3 aliphatic rings. The van der Waals surface area contributed by atoms with E-state index in [0.717, 1.165) is 24.2 Å². The van der Waals surface area contributed by atoms with Crippen LogP contribution >= 0.6 is 0 Å². The van der Waals surface area contributed by atoms with Gasteiger partial charge in [0.1, 0.15) is 0 Å². The highest BCUT2D eigenvalue weighted by molar-refractivity contribution is 5.23. The number of piperidine rings is 1. The van der Waals surface area contributed by atoms with Gasteiger partial charge in [0.2, 0.25) is 0 Å². The van der Waals surface area contributed by atoms with Crippen molar-refractivity contribution in [1.29, 1.82) is 0 Å². The van der Waals surface area contributed by atoms with Gasteiger partial charge in [-0.15, -0.1) is 0 Å². The summed E-state index contributed by atoms with van der Waals surface area (Å²) in [4.78, 5) is 2.67. The fourth-order valence-corrected chi connectivity index (χ4v) is 4.46. The fraction of sp³-hybridized carbons (Fsp3) is 0.474. The fourth-order valence-electron chi connectivity index (χ4n) is 4.46. The first-order valence-electron chi connectivity index (χ1n) is 8.05. The second kappa shape index (κ2) is 5.12. The van der Waals surface area contributed by atoms with Crippen LogP contribution in [0.5, 0.6) is 0 Å². The Labute approximate surface area is 122 Å². The summed E-state index contributed by atoms with van der Waals surface area (Å²) in [5.41, 5.74) is 3.09. The van der Waals surface area contributed by atoms with Gasteiger partial charge in [-0.2, -0.15) is 0 Å². The number of allylic oxidation sites excluding steroid dienone is 3. The third kappa shape index (κ3) is 2.19. The predicted octanol–water partition coefficient (Wildman–Crippen LogP) is 4.03. The Kier molecular flexibility index (Phi) is 3.14. The smallest absolute Gasteiger partial charge is 0.0206 e. The summed E-state index contributed by atoms with van der Waals surface area (Å²) in [6.45, 7) is 2.59. The third-order valence-corrected chi connectivity index (χ3v) is 5.50. The van der Waals surface area contributed by atoms with E-state index in [4.69, 9.17) is 0 Å². The Bertz CT molecular complexity index is 514. The van der Waals surface area contributed by atoms with Crippen molar-refractivity contribution in [2.75, 3.05) is 13.1 Å². The highest BCUT2D eigenvalue weighted by Gasteiger charge is 2.41. The molecular formula is C19H23N. The molecule has 1 saturated carbocycles. The summed E-state index contributed by atoms with van der Waals surface area (Å²) in [7, 11) is 0. The molecule has 2 bridgehead atoms. The summed E-state index contributed by atoms with van der Waals surface area (Å²) in [6, 6.07) is 11.1. The van der Waals surface area contributed by atoms with Crippen LogP contribution in [-0.4, -0.2) is 18.0 Å². The molecule has 1 aliphatic heterocycles. The van der Waals surface area contributed by atoms with Crippen LogP contribution in [0.1, 0.15) is 24.8 Å². The van der Waals surface area contributed by atoms with Gasteiger partial charge >= 0.3 is 0 Å². The van der Waals surface area contributed by atoms with Crippen molar-refractivity contribution in [3.8, 4) is 0 Å². The van der Waals surface area contributed by atoms with Gasteiger partial charge in [0.05, 0.1) is 0 Å². The number of benzene rings is 1. The van der Waals surface area contributed by atoms with Crippen molar-refractivity contribution in [2.24, 2.45) is 17.8 Å². The van der Waals surface area contributed by atoms with Crippen molar-refractivity contribution < 1.29 is 0 Å². The van der Waals surface area contributed by atoms with E-state index < -0.39 is 0 Å². The van der Waals surface area contributed by atoms with Gasteiger partial charge in [0.25, 0.3) is 0 Å². The van der Waals surface area contributed by atoms with Gasteiger partial charge in [-0.05, 0) is 48.7 Å². The molecule has 1 nitrogen and oxygen atoms in total. The van der Waals surface area contributed by atoms with Crippen LogP contribution in [0.15, 0.2) is 54.3 Å². The van der Waals surface area contributed by atoms with Gasteiger partial charge in [-0.1, -0.05) is 42.5 Å². The zero-order chi connectivity index (χ0) is 13.4. The lowest BCUT2D eigenvalue weighted by molar-refractivity contribution is 0.137. The Morgan fingerprint density at radius 1 is 1.00 bits per heavy atom. The maximum absolute atomic E-state index is 2.67. The predicted molar refractivity (Wildman–Crippen MR) is 83.3 cm³/mol. The van der Waals surface area contributed by atoms with Crippen molar-refractivity contribution in [2.45, 2.75) is 25.7 Å². The summed E-state index contributed by atoms with van der Waals surface area (Å²) in [5.74, 6) is 2.74. The summed E-state index contributed by atoms with van der Waals surface area (Å²) in [6.07, 6.45) is 12.2. The quantitative estimate of drug-likeness (QED) is 0.797. The lowest BCUT2D eigenvalue weighted by atomic mass is 9.80. The molecule has 0 aromatic heterocycles. The van der Waals surface area contributed by atoms with Crippen LogP contribution < -0.4 is 0 Å². The normalized spacial score (nSPS) is 31.7. The van der Waals surface area contributed by atoms with Gasteiger partial charge in [0.15, 0.2) is 0 Å². The van der Waals surface area contributed by atoms with Crippen molar-refractivity contribution in [3.05, 3.63) is 59.8 Å². The van der Waals surface area contributed by atoms with E-state index in [-0.39, 0.29) is 0 Å². The number of fused-ring (bicyclic) bond motifs is 2. The number of nitrogens with zero attached hydrogens (tertiary/aromatic N) is 1. The van der Waals surface area contributed by atoms with E-state index in [9.17, 15) is 0 Å². The van der Waals surface area contributed by atoms with Crippen molar-refractivity contribution in [1.82, 2.24) is 4.90 Å². The lowest BCUT2D eigenvalue weighted by Gasteiger charge is -2.40. The first-order chi connectivity index (χ1) is 9.90. The van der Waals surface area contributed by atoms with Crippen LogP contribution in [0.2, 0.25) is 0 Å². The molecule has 0 spiro atoms. The minimum atomic E-state index is 0.912. The Morgan fingerprint density at radius 2 is 1.75 bits per heavy atom. The summed E-state index contributed by atoms with van der Waals surface area (Å²) < 4.78 is 0. The minimum Gasteiger partial charge on any atom is -0.374 e. The van der Waals surface area contributed by atoms with E-state index in [1.807, 2.05) is 0 Å². The lowest BCUT2D eigenvalue weighted by Crippen LogP contribution is -2.41. The molecular weight excluding hydrogens is 242 g/mol. The second-order valence-electron chi connectivity index (χ2n) is 6.65. The highest BCUT2D eigenvalue weighted by Crippen LogP contribution is 2.44. The van der Waals surface area contributed by atoms with Crippen molar-refractivity contribution >= 4 is 0 Å². The number of hydrogen-bond donors (Lipinski definition) is 0. The summed E-state index contributed by atoms with van der Waals surface area (Å²) >= 11 is 0.